The average Bonchev–Trinajstić information content (AvgIpc) is 2.62. The number of nitrogens with two attached hydrogens (primary N) is 1. The van der Waals surface area contributed by atoms with Gasteiger partial charge in [-0.05, 0) is 39.6 Å². The standard InChI is InChI=1S/C13H21N5/c1-9-5-6-11-12(14)13(15-7-8-17(3)4)16-18(11)10(9)2/h5-6H,7-8,14H2,1-4H3,(H,15,16). The number of hydrogen-bond donors (Lipinski definition) is 2. The van der Waals surface area contributed by atoms with E-state index in [-0.39, 0.29) is 0 Å². The molecular weight excluding hydrogens is 226 g/mol. The highest BCUT2D eigenvalue weighted by Crippen LogP contribution is 2.24. The van der Waals surface area contributed by atoms with Gasteiger partial charge in [-0.25, -0.2) is 4.52 Å². The normalized spacial score (nSPS) is 11.4. The molecule has 0 radical (unpaired) electrons. The second kappa shape index (κ2) is 4.86. The van der Waals surface area contributed by atoms with E-state index in [0.717, 1.165) is 35.8 Å². The first-order valence-corrected chi connectivity index (χ1v) is 6.13. The van der Waals surface area contributed by atoms with Gasteiger partial charge in [0.1, 0.15) is 5.69 Å². The van der Waals surface area contributed by atoms with Gasteiger partial charge in [0.05, 0.1) is 5.52 Å². The van der Waals surface area contributed by atoms with Crippen molar-refractivity contribution in [2.45, 2.75) is 13.8 Å². The van der Waals surface area contributed by atoms with Crippen molar-refractivity contribution in [2.24, 2.45) is 0 Å². The van der Waals surface area contributed by atoms with Crippen LogP contribution in [0.1, 0.15) is 11.3 Å². The van der Waals surface area contributed by atoms with Gasteiger partial charge in [0, 0.05) is 18.8 Å². The number of nitrogens with zero attached hydrogens (tertiary/aromatic N) is 3. The molecule has 2 heterocycles. The summed E-state index contributed by atoms with van der Waals surface area (Å²) in [5, 5.41) is 7.81. The molecule has 0 amide bonds. The molecule has 2 aromatic heterocycles. The number of aryl methyl sites for hydroxylation is 2. The first-order chi connectivity index (χ1) is 8.50. The molecule has 18 heavy (non-hydrogen) atoms. The quantitative estimate of drug-likeness (QED) is 0.860. The van der Waals surface area contributed by atoms with Crippen LogP contribution in [0.5, 0.6) is 0 Å². The number of fused-ring (bicyclic) bond motifs is 1. The van der Waals surface area contributed by atoms with Crippen LogP contribution in [0.25, 0.3) is 5.52 Å². The molecule has 0 fully saturated rings. The van der Waals surface area contributed by atoms with Gasteiger partial charge < -0.3 is 16.0 Å². The van der Waals surface area contributed by atoms with Crippen molar-refractivity contribution in [3.05, 3.63) is 23.4 Å². The number of nitrogens with one attached hydrogen (secondary N) is 1. The maximum Gasteiger partial charge on any atom is 0.172 e. The van der Waals surface area contributed by atoms with Gasteiger partial charge in [-0.2, -0.15) is 0 Å². The lowest BCUT2D eigenvalue weighted by Crippen LogP contribution is -2.21. The van der Waals surface area contributed by atoms with Gasteiger partial charge in [-0.15, -0.1) is 5.10 Å². The third kappa shape index (κ3) is 2.26. The minimum atomic E-state index is 0.719. The van der Waals surface area contributed by atoms with Crippen LogP contribution >= 0.6 is 0 Å². The number of likely N-dealkylation sites (N-methyl/N-ethyl adjacent to an activating group) is 1. The molecule has 0 aromatic carbocycles. The predicted octanol–water partition coefficient (Wildman–Crippen LogP) is 1.51. The summed E-state index contributed by atoms with van der Waals surface area (Å²) >= 11 is 0. The summed E-state index contributed by atoms with van der Waals surface area (Å²) in [4.78, 5) is 2.12. The van der Waals surface area contributed by atoms with Gasteiger partial charge >= 0.3 is 0 Å². The molecule has 0 aliphatic carbocycles. The molecule has 0 aliphatic rings. The molecule has 0 unspecified atom stereocenters. The number of anilines is 2. The largest absolute Gasteiger partial charge is 0.394 e. The van der Waals surface area contributed by atoms with Crippen LogP contribution in [0.15, 0.2) is 12.1 Å². The third-order valence-electron chi connectivity index (χ3n) is 3.19. The highest BCUT2D eigenvalue weighted by Gasteiger charge is 2.11. The van der Waals surface area contributed by atoms with Crippen LogP contribution in [0, 0.1) is 13.8 Å². The zero-order valence-corrected chi connectivity index (χ0v) is 11.5. The molecule has 2 rings (SSSR count). The van der Waals surface area contributed by atoms with Crippen LogP contribution in [0.3, 0.4) is 0 Å². The molecule has 5 heteroatoms. The van der Waals surface area contributed by atoms with E-state index in [9.17, 15) is 0 Å². The van der Waals surface area contributed by atoms with Gasteiger partial charge in [-0.3, -0.25) is 0 Å². The van der Waals surface area contributed by atoms with E-state index in [4.69, 9.17) is 5.73 Å². The fourth-order valence-corrected chi connectivity index (χ4v) is 1.88. The van der Waals surface area contributed by atoms with Crippen molar-refractivity contribution in [2.75, 3.05) is 38.2 Å². The molecule has 0 saturated carbocycles. The Balaban J connectivity index is 2.30. The molecule has 0 atom stereocenters. The fourth-order valence-electron chi connectivity index (χ4n) is 1.88. The van der Waals surface area contributed by atoms with Crippen molar-refractivity contribution in [1.29, 1.82) is 0 Å². The minimum Gasteiger partial charge on any atom is -0.394 e. The Bertz CT molecular complexity index is 556. The van der Waals surface area contributed by atoms with Gasteiger partial charge in [0.15, 0.2) is 5.82 Å². The summed E-state index contributed by atoms with van der Waals surface area (Å²) in [6.45, 7) is 5.91. The van der Waals surface area contributed by atoms with Crippen molar-refractivity contribution in [3.63, 3.8) is 0 Å². The van der Waals surface area contributed by atoms with E-state index in [1.165, 1.54) is 5.56 Å². The van der Waals surface area contributed by atoms with E-state index < -0.39 is 0 Å². The molecule has 3 N–H and O–H groups in total. The SMILES string of the molecule is Cc1ccc2c(N)c(NCCN(C)C)nn2c1C. The lowest BCUT2D eigenvalue weighted by atomic mass is 10.2. The van der Waals surface area contributed by atoms with Crippen molar-refractivity contribution >= 4 is 17.0 Å². The maximum absolute atomic E-state index is 6.12. The summed E-state index contributed by atoms with van der Waals surface area (Å²) < 4.78 is 1.91. The lowest BCUT2D eigenvalue weighted by molar-refractivity contribution is 0.425. The Kier molecular flexibility index (Phi) is 3.43. The number of hydrogen-bond acceptors (Lipinski definition) is 4. The molecule has 0 bridgehead atoms. The Morgan fingerprint density at radius 3 is 2.72 bits per heavy atom. The van der Waals surface area contributed by atoms with Crippen LogP contribution in [-0.4, -0.2) is 41.7 Å². The topological polar surface area (TPSA) is 58.6 Å². The monoisotopic (exact) mass is 247 g/mol. The van der Waals surface area contributed by atoms with Gasteiger partial charge in [0.2, 0.25) is 0 Å². The third-order valence-corrected chi connectivity index (χ3v) is 3.19. The number of rotatable bonds is 4. The molecule has 5 nitrogen and oxygen atoms in total. The first-order valence-electron chi connectivity index (χ1n) is 6.13. The van der Waals surface area contributed by atoms with E-state index in [0.29, 0.717) is 0 Å². The Hall–Kier alpha value is -1.75. The Labute approximate surface area is 108 Å². The molecular formula is C13H21N5. The van der Waals surface area contributed by atoms with Crippen molar-refractivity contribution in [1.82, 2.24) is 14.5 Å². The van der Waals surface area contributed by atoms with Crippen molar-refractivity contribution in [3.8, 4) is 0 Å². The molecule has 2 aromatic rings. The molecule has 0 aliphatic heterocycles. The molecule has 0 saturated heterocycles. The zero-order chi connectivity index (χ0) is 13.3. The van der Waals surface area contributed by atoms with Gasteiger partial charge in [-0.1, -0.05) is 6.07 Å². The van der Waals surface area contributed by atoms with Gasteiger partial charge in [0.25, 0.3) is 0 Å². The number of pyridine rings is 1. The first kappa shape index (κ1) is 12.7. The van der Waals surface area contributed by atoms with Crippen LogP contribution in [0.2, 0.25) is 0 Å². The maximum atomic E-state index is 6.12. The summed E-state index contributed by atoms with van der Waals surface area (Å²) in [7, 11) is 4.09. The van der Waals surface area contributed by atoms with Crippen LogP contribution in [0.4, 0.5) is 11.5 Å². The second-order valence-electron chi connectivity index (χ2n) is 4.89. The summed E-state index contributed by atoms with van der Waals surface area (Å²) in [6, 6.07) is 4.09. The highest BCUT2D eigenvalue weighted by molar-refractivity contribution is 5.81. The smallest absolute Gasteiger partial charge is 0.172 e. The van der Waals surface area contributed by atoms with E-state index in [1.54, 1.807) is 0 Å². The average molecular weight is 247 g/mol. The van der Waals surface area contributed by atoms with E-state index >= 15 is 0 Å². The van der Waals surface area contributed by atoms with E-state index in [2.05, 4.69) is 35.2 Å². The fraction of sp³-hybridized carbons (Fsp3) is 0.462. The Morgan fingerprint density at radius 2 is 2.06 bits per heavy atom. The van der Waals surface area contributed by atoms with Crippen LogP contribution in [-0.2, 0) is 0 Å². The summed E-state index contributed by atoms with van der Waals surface area (Å²) in [6.07, 6.45) is 0. The zero-order valence-electron chi connectivity index (χ0n) is 11.5. The number of nitrogen functional groups attached to an aromatic ring is 1. The molecule has 0 spiro atoms. The lowest BCUT2D eigenvalue weighted by Gasteiger charge is -2.09. The van der Waals surface area contributed by atoms with E-state index in [1.807, 2.05) is 24.7 Å². The van der Waals surface area contributed by atoms with Crippen molar-refractivity contribution < 1.29 is 0 Å². The highest BCUT2D eigenvalue weighted by atomic mass is 15.3. The Morgan fingerprint density at radius 1 is 1.33 bits per heavy atom. The second-order valence-corrected chi connectivity index (χ2v) is 4.89. The minimum absolute atomic E-state index is 0.719. The summed E-state index contributed by atoms with van der Waals surface area (Å²) in [5.74, 6) is 0.769. The predicted molar refractivity (Wildman–Crippen MR) is 76.1 cm³/mol. The molecule has 98 valence electrons. The number of aromatic nitrogens is 2. The summed E-state index contributed by atoms with van der Waals surface area (Å²) in [5.41, 5.74) is 10.1. The van der Waals surface area contributed by atoms with Crippen LogP contribution < -0.4 is 11.1 Å².